The number of carboxylic acids is 2. The number of nitrogens with zero attached hydrogens (tertiary/aromatic N) is 2. The summed E-state index contributed by atoms with van der Waals surface area (Å²) in [5, 5.41) is 23.1. The largest absolute Gasteiger partial charge is 1.00 e. The van der Waals surface area contributed by atoms with E-state index in [1.165, 1.54) is 12.1 Å². The maximum absolute atomic E-state index is 12.6. The van der Waals surface area contributed by atoms with Crippen LogP contribution in [0.25, 0.3) is 0 Å². The van der Waals surface area contributed by atoms with Crippen molar-refractivity contribution in [2.24, 2.45) is 11.8 Å². The molecule has 13 heteroatoms. The third-order valence-electron chi connectivity index (χ3n) is 6.47. The Morgan fingerprint density at radius 2 is 1.89 bits per heavy atom. The molecule has 3 heterocycles. The van der Waals surface area contributed by atoms with Crippen LogP contribution >= 0.6 is 34.5 Å². The van der Waals surface area contributed by atoms with Gasteiger partial charge in [0, 0.05) is 43.1 Å². The van der Waals surface area contributed by atoms with E-state index >= 15 is 0 Å². The second-order valence-corrected chi connectivity index (χ2v) is 10.5. The van der Waals surface area contributed by atoms with Crippen molar-refractivity contribution >= 4 is 57.5 Å². The van der Waals surface area contributed by atoms with Crippen molar-refractivity contribution in [3.05, 3.63) is 67.4 Å². The fourth-order valence-electron chi connectivity index (χ4n) is 4.62. The van der Waals surface area contributed by atoms with Gasteiger partial charge in [-0.15, -0.1) is 0 Å². The number of carbonyl (C=O) groups is 3. The predicted molar refractivity (Wildman–Crippen MR) is 132 cm³/mol. The third-order valence-corrected chi connectivity index (χ3v) is 8.56. The number of aromatic amines is 1. The topological polar surface area (TPSA) is 136 Å². The molecule has 0 bridgehead atoms. The van der Waals surface area contributed by atoms with Crippen LogP contribution in [0.4, 0.5) is 5.13 Å². The van der Waals surface area contributed by atoms with Crippen LogP contribution < -0.4 is 29.1 Å². The van der Waals surface area contributed by atoms with E-state index in [0.29, 0.717) is 40.2 Å². The van der Waals surface area contributed by atoms with Gasteiger partial charge in [0.05, 0.1) is 21.3 Å². The summed E-state index contributed by atoms with van der Waals surface area (Å²) in [5.41, 5.74) is 2.10. The Morgan fingerprint density at radius 1 is 1.19 bits per heavy atom. The van der Waals surface area contributed by atoms with E-state index < -0.39 is 11.9 Å². The van der Waals surface area contributed by atoms with Gasteiger partial charge in [0.25, 0.3) is 5.91 Å². The second-order valence-electron chi connectivity index (χ2n) is 8.74. The zero-order chi connectivity index (χ0) is 25.0. The molecule has 2 aromatic heterocycles. The number of halogens is 2. The Hall–Kier alpha value is -2.48. The molecule has 3 aromatic rings. The Bertz CT molecular complexity index is 1370. The van der Waals surface area contributed by atoms with E-state index in [9.17, 15) is 24.6 Å². The molecule has 9 nitrogen and oxygen atoms in total. The number of anilines is 1. The van der Waals surface area contributed by atoms with Gasteiger partial charge in [-0.25, -0.2) is 14.6 Å². The van der Waals surface area contributed by atoms with Gasteiger partial charge in [-0.3, -0.25) is 4.79 Å². The molecule has 2 aliphatic rings. The van der Waals surface area contributed by atoms with E-state index in [4.69, 9.17) is 23.2 Å². The minimum Gasteiger partial charge on any atom is -1.00 e. The molecule has 0 spiro atoms. The normalized spacial score (nSPS) is 20.0. The molecule has 36 heavy (non-hydrogen) atoms. The first-order valence-electron chi connectivity index (χ1n) is 10.8. The molecule has 1 saturated heterocycles. The van der Waals surface area contributed by atoms with Crippen molar-refractivity contribution in [2.75, 3.05) is 18.0 Å². The monoisotopic (exact) mass is 542 g/mol. The van der Waals surface area contributed by atoms with E-state index in [2.05, 4.69) is 15.3 Å². The Balaban J connectivity index is 0.00000190. The zero-order valence-electron chi connectivity index (χ0n) is 20.3. The number of aromatic carboxylic acids is 2. The van der Waals surface area contributed by atoms with Crippen LogP contribution in [0.15, 0.2) is 24.3 Å². The number of H-pyrrole nitrogens is 1. The number of aryl methyl sites for hydroxylation is 1. The molecule has 1 aliphatic carbocycles. The van der Waals surface area contributed by atoms with Crippen LogP contribution in [0.3, 0.4) is 0 Å². The maximum atomic E-state index is 12.6. The number of carboxylic acid groups (broad SMARTS) is 2. The maximum Gasteiger partial charge on any atom is 1.00 e. The Labute approximate surface area is 233 Å². The van der Waals surface area contributed by atoms with Crippen LogP contribution in [-0.2, 0) is 6.42 Å². The van der Waals surface area contributed by atoms with Crippen molar-refractivity contribution in [3.8, 4) is 0 Å². The Morgan fingerprint density at radius 3 is 2.47 bits per heavy atom. The number of rotatable bonds is 7. The van der Waals surface area contributed by atoms with Gasteiger partial charge in [0.1, 0.15) is 10.6 Å². The quantitative estimate of drug-likeness (QED) is 0.328. The summed E-state index contributed by atoms with van der Waals surface area (Å²) >= 11 is 13.3. The number of carbonyl (C=O) groups excluding carboxylic acids is 1. The number of amides is 1. The van der Waals surface area contributed by atoms with Gasteiger partial charge in [-0.05, 0) is 24.6 Å². The van der Waals surface area contributed by atoms with Crippen molar-refractivity contribution in [1.29, 1.82) is 0 Å². The first-order valence-corrected chi connectivity index (χ1v) is 12.4. The fourth-order valence-corrected chi connectivity index (χ4v) is 5.97. The number of aromatic nitrogens is 2. The number of nitrogens with one attached hydrogen (secondary N) is 2. The van der Waals surface area contributed by atoms with Gasteiger partial charge in [-0.2, -0.15) is 0 Å². The molecule has 3 atom stereocenters. The molecule has 1 unspecified atom stereocenters. The van der Waals surface area contributed by atoms with Crippen LogP contribution in [0.1, 0.15) is 48.9 Å². The average molecular weight is 543 g/mol. The molecule has 4 N–H and O–H groups in total. The van der Waals surface area contributed by atoms with Crippen molar-refractivity contribution in [2.45, 2.75) is 19.4 Å². The molecule has 184 valence electrons. The number of fused-ring (bicyclic) bond motifs is 1. The van der Waals surface area contributed by atoms with Crippen LogP contribution in [0, 0.1) is 18.8 Å². The Kier molecular flexibility index (Phi) is 7.47. The van der Waals surface area contributed by atoms with Crippen molar-refractivity contribution < 1.29 is 44.9 Å². The predicted octanol–water partition coefficient (Wildman–Crippen LogP) is 1.05. The summed E-state index contributed by atoms with van der Waals surface area (Å²) in [7, 11) is 0. The SMILES string of the molecule is Cc1[nH]c(C(=O)NC2[C@H]3CN(c4nc(Cc5cccc(C(=O)O)c5)c(C(=O)O)s4)C[C@@H]23)c(Cl)c1Cl.[H-].[Li+]. The first kappa shape index (κ1) is 26.6. The zero-order valence-corrected chi connectivity index (χ0v) is 21.7. The summed E-state index contributed by atoms with van der Waals surface area (Å²) in [4.78, 5) is 45.4. The molecule has 2 fully saturated rings. The second kappa shape index (κ2) is 10.1. The summed E-state index contributed by atoms with van der Waals surface area (Å²) < 4.78 is 0. The van der Waals surface area contributed by atoms with E-state index in [-0.39, 0.29) is 71.7 Å². The molecule has 1 aromatic carbocycles. The molecular weight excluding hydrogens is 522 g/mol. The van der Waals surface area contributed by atoms with Crippen LogP contribution in [-0.4, -0.2) is 57.2 Å². The number of piperidine rings is 1. The minimum absolute atomic E-state index is 0. The van der Waals surface area contributed by atoms with E-state index in [0.717, 1.165) is 11.3 Å². The smallest absolute Gasteiger partial charge is 1.00 e. The number of hydrogen-bond donors (Lipinski definition) is 4. The first-order chi connectivity index (χ1) is 16.6. The standard InChI is InChI=1S/C23H20Cl2N4O5S.Li.H/c1-9-15(24)16(25)18(26-9)20(30)28-17-12-7-29(8-13(12)17)23-27-14(19(35-23)22(33)34)6-10-3-2-4-11(5-10)21(31)32;;/h2-5,12-13,17,26H,6-8H2,1H3,(H,28,30)(H,31,32)(H,33,34);;/q;+1;-1/t12-,13+,17?;;. The fraction of sp³-hybridized carbons (Fsp3) is 0.304. The number of hydrogen-bond acceptors (Lipinski definition) is 6. The van der Waals surface area contributed by atoms with Gasteiger partial charge >= 0.3 is 30.8 Å². The minimum atomic E-state index is -1.07. The molecule has 1 aliphatic heterocycles. The number of benzene rings is 1. The molecular formula is C23H21Cl2LiN4O5S. The third kappa shape index (κ3) is 4.88. The van der Waals surface area contributed by atoms with Crippen LogP contribution in [0.5, 0.6) is 0 Å². The molecule has 1 saturated carbocycles. The van der Waals surface area contributed by atoms with Gasteiger partial charge in [0.15, 0.2) is 5.13 Å². The summed E-state index contributed by atoms with van der Waals surface area (Å²) in [5.74, 6) is -1.94. The van der Waals surface area contributed by atoms with Crippen LogP contribution in [0.2, 0.25) is 10.0 Å². The van der Waals surface area contributed by atoms with Gasteiger partial charge in [0.2, 0.25) is 0 Å². The molecule has 0 radical (unpaired) electrons. The van der Waals surface area contributed by atoms with Gasteiger partial charge in [-0.1, -0.05) is 46.7 Å². The molecule has 1 amide bonds. The summed E-state index contributed by atoms with van der Waals surface area (Å²) in [6, 6.07) is 6.40. The van der Waals surface area contributed by atoms with Crippen molar-refractivity contribution in [1.82, 2.24) is 15.3 Å². The number of thiazole rings is 1. The van der Waals surface area contributed by atoms with E-state index in [1.807, 2.05) is 4.90 Å². The molecule has 5 rings (SSSR count). The average Bonchev–Trinajstić information content (AvgIpc) is 3.19. The van der Waals surface area contributed by atoms with E-state index in [1.54, 1.807) is 19.1 Å². The van der Waals surface area contributed by atoms with Gasteiger partial charge < -0.3 is 26.8 Å². The van der Waals surface area contributed by atoms with Crippen molar-refractivity contribution in [3.63, 3.8) is 0 Å². The summed E-state index contributed by atoms with van der Waals surface area (Å²) in [6.45, 7) is 3.04. The summed E-state index contributed by atoms with van der Waals surface area (Å²) in [6.07, 6.45) is 0.220.